The molecule has 0 fully saturated rings. The first-order valence-electron chi connectivity index (χ1n) is 8.61. The standard InChI is InChI=1S/C20H26N2O4/c1-15-7-9-17(10-8-15)22-19(24)14-26-20-16(13-21-11-4-12-23)5-3-6-18(20)25-2/h3,5-10,21,23H,4,11-14H2,1-2H3,(H,22,24). The number of methoxy groups -OCH3 is 1. The number of benzene rings is 2. The summed E-state index contributed by atoms with van der Waals surface area (Å²) in [6.45, 7) is 3.28. The fourth-order valence-electron chi connectivity index (χ4n) is 2.42. The Hall–Kier alpha value is -2.57. The summed E-state index contributed by atoms with van der Waals surface area (Å²) in [7, 11) is 1.57. The lowest BCUT2D eigenvalue weighted by molar-refractivity contribution is -0.118. The second-order valence-electron chi connectivity index (χ2n) is 5.91. The summed E-state index contributed by atoms with van der Waals surface area (Å²) in [6.07, 6.45) is 0.680. The molecule has 26 heavy (non-hydrogen) atoms. The van der Waals surface area contributed by atoms with Crippen LogP contribution in [0.1, 0.15) is 17.5 Å². The van der Waals surface area contributed by atoms with Crippen molar-refractivity contribution in [3.63, 3.8) is 0 Å². The number of hydrogen-bond donors (Lipinski definition) is 3. The minimum absolute atomic E-state index is 0.113. The molecular formula is C20H26N2O4. The SMILES string of the molecule is COc1cccc(CNCCCO)c1OCC(=O)Nc1ccc(C)cc1. The number of nitrogens with one attached hydrogen (secondary N) is 2. The van der Waals surface area contributed by atoms with E-state index in [0.29, 0.717) is 31.0 Å². The van der Waals surface area contributed by atoms with E-state index >= 15 is 0 Å². The maximum atomic E-state index is 12.2. The maximum Gasteiger partial charge on any atom is 0.262 e. The van der Waals surface area contributed by atoms with Gasteiger partial charge in [0.25, 0.3) is 5.91 Å². The Morgan fingerprint density at radius 1 is 1.15 bits per heavy atom. The van der Waals surface area contributed by atoms with Crippen molar-refractivity contribution >= 4 is 11.6 Å². The fraction of sp³-hybridized carbons (Fsp3) is 0.350. The van der Waals surface area contributed by atoms with Crippen molar-refractivity contribution in [2.24, 2.45) is 0 Å². The van der Waals surface area contributed by atoms with Crippen molar-refractivity contribution in [3.8, 4) is 11.5 Å². The topological polar surface area (TPSA) is 79.8 Å². The highest BCUT2D eigenvalue weighted by molar-refractivity contribution is 5.91. The third kappa shape index (κ3) is 6.06. The first kappa shape index (κ1) is 19.8. The minimum atomic E-state index is -0.237. The highest BCUT2D eigenvalue weighted by Gasteiger charge is 2.12. The van der Waals surface area contributed by atoms with E-state index in [9.17, 15) is 4.79 Å². The third-order valence-corrected chi connectivity index (χ3v) is 3.79. The van der Waals surface area contributed by atoms with Crippen LogP contribution < -0.4 is 20.1 Å². The summed E-state index contributed by atoms with van der Waals surface area (Å²) < 4.78 is 11.1. The molecule has 0 aliphatic heterocycles. The van der Waals surface area contributed by atoms with Crippen LogP contribution in [0, 0.1) is 6.92 Å². The molecule has 2 rings (SSSR count). The first-order chi connectivity index (χ1) is 12.6. The molecule has 0 heterocycles. The predicted molar refractivity (Wildman–Crippen MR) is 102 cm³/mol. The van der Waals surface area contributed by atoms with E-state index in [4.69, 9.17) is 14.6 Å². The van der Waals surface area contributed by atoms with Gasteiger partial charge in [-0.15, -0.1) is 0 Å². The van der Waals surface area contributed by atoms with Gasteiger partial charge in [0.1, 0.15) is 0 Å². The van der Waals surface area contributed by atoms with Gasteiger partial charge in [-0.2, -0.15) is 0 Å². The zero-order valence-corrected chi connectivity index (χ0v) is 15.2. The molecule has 3 N–H and O–H groups in total. The second kappa shape index (κ2) is 10.4. The molecule has 0 saturated heterocycles. The minimum Gasteiger partial charge on any atom is -0.493 e. The fourth-order valence-corrected chi connectivity index (χ4v) is 2.42. The van der Waals surface area contributed by atoms with Gasteiger partial charge in [0.15, 0.2) is 18.1 Å². The Morgan fingerprint density at radius 3 is 2.62 bits per heavy atom. The molecule has 0 saturated carbocycles. The highest BCUT2D eigenvalue weighted by atomic mass is 16.5. The predicted octanol–water partition coefficient (Wildman–Crippen LogP) is 2.49. The lowest BCUT2D eigenvalue weighted by Crippen LogP contribution is -2.21. The molecule has 2 aromatic rings. The van der Waals surface area contributed by atoms with Crippen LogP contribution in [0.25, 0.3) is 0 Å². The number of hydrogen-bond acceptors (Lipinski definition) is 5. The van der Waals surface area contributed by atoms with Gasteiger partial charge in [-0.25, -0.2) is 0 Å². The van der Waals surface area contributed by atoms with Crippen LogP contribution in [0.3, 0.4) is 0 Å². The number of para-hydroxylation sites is 1. The van der Waals surface area contributed by atoms with Crippen molar-refractivity contribution in [3.05, 3.63) is 53.6 Å². The number of anilines is 1. The molecule has 6 heteroatoms. The number of amides is 1. The van der Waals surface area contributed by atoms with Gasteiger partial charge >= 0.3 is 0 Å². The number of aliphatic hydroxyl groups is 1. The summed E-state index contributed by atoms with van der Waals surface area (Å²) in [5, 5.41) is 14.9. The molecule has 2 aromatic carbocycles. The van der Waals surface area contributed by atoms with Crippen LogP contribution >= 0.6 is 0 Å². The first-order valence-corrected chi connectivity index (χ1v) is 8.61. The van der Waals surface area contributed by atoms with Crippen molar-refractivity contribution in [1.29, 1.82) is 0 Å². The zero-order chi connectivity index (χ0) is 18.8. The quantitative estimate of drug-likeness (QED) is 0.569. The molecule has 0 aliphatic carbocycles. The van der Waals surface area contributed by atoms with E-state index in [1.54, 1.807) is 13.2 Å². The van der Waals surface area contributed by atoms with Gasteiger partial charge in [0.05, 0.1) is 7.11 Å². The van der Waals surface area contributed by atoms with Crippen LogP contribution in [-0.2, 0) is 11.3 Å². The zero-order valence-electron chi connectivity index (χ0n) is 15.2. The molecule has 0 aliphatic rings. The number of ether oxygens (including phenoxy) is 2. The van der Waals surface area contributed by atoms with Gasteiger partial charge in [-0.1, -0.05) is 29.8 Å². The van der Waals surface area contributed by atoms with Gasteiger partial charge in [-0.05, 0) is 38.1 Å². The van der Waals surface area contributed by atoms with E-state index < -0.39 is 0 Å². The maximum absolute atomic E-state index is 12.2. The van der Waals surface area contributed by atoms with E-state index in [1.807, 2.05) is 43.3 Å². The lowest BCUT2D eigenvalue weighted by Gasteiger charge is -2.15. The molecule has 0 atom stereocenters. The van der Waals surface area contributed by atoms with Gasteiger partial charge in [0.2, 0.25) is 0 Å². The summed E-state index contributed by atoms with van der Waals surface area (Å²) in [4.78, 5) is 12.2. The van der Waals surface area contributed by atoms with Crippen molar-refractivity contribution < 1.29 is 19.4 Å². The van der Waals surface area contributed by atoms with Crippen molar-refractivity contribution in [1.82, 2.24) is 5.32 Å². The number of carbonyl (C=O) groups excluding carboxylic acids is 1. The summed E-state index contributed by atoms with van der Waals surface area (Å²) >= 11 is 0. The van der Waals surface area contributed by atoms with E-state index in [1.165, 1.54) is 0 Å². The lowest BCUT2D eigenvalue weighted by atomic mass is 10.2. The smallest absolute Gasteiger partial charge is 0.262 e. The molecule has 140 valence electrons. The largest absolute Gasteiger partial charge is 0.493 e. The van der Waals surface area contributed by atoms with Crippen molar-refractivity contribution in [2.45, 2.75) is 19.9 Å². The van der Waals surface area contributed by atoms with E-state index in [-0.39, 0.29) is 19.1 Å². The van der Waals surface area contributed by atoms with Gasteiger partial charge < -0.3 is 25.2 Å². The molecule has 0 bridgehead atoms. The number of rotatable bonds is 10. The number of aryl methyl sites for hydroxylation is 1. The molecule has 6 nitrogen and oxygen atoms in total. The summed E-state index contributed by atoms with van der Waals surface area (Å²) in [5.74, 6) is 0.888. The summed E-state index contributed by atoms with van der Waals surface area (Å²) in [5.41, 5.74) is 2.76. The molecule has 0 spiro atoms. The van der Waals surface area contributed by atoms with E-state index in [0.717, 1.165) is 16.8 Å². The third-order valence-electron chi connectivity index (χ3n) is 3.79. The Balaban J connectivity index is 1.97. The number of carbonyl (C=O) groups is 1. The molecular weight excluding hydrogens is 332 g/mol. The van der Waals surface area contributed by atoms with Crippen LogP contribution in [0.2, 0.25) is 0 Å². The molecule has 0 unspecified atom stereocenters. The molecule has 1 amide bonds. The van der Waals surface area contributed by atoms with Crippen LogP contribution in [0.4, 0.5) is 5.69 Å². The van der Waals surface area contributed by atoms with Crippen LogP contribution in [0.15, 0.2) is 42.5 Å². The Morgan fingerprint density at radius 2 is 1.92 bits per heavy atom. The second-order valence-corrected chi connectivity index (χ2v) is 5.91. The van der Waals surface area contributed by atoms with Crippen molar-refractivity contribution in [2.75, 3.05) is 32.2 Å². The molecule has 0 aromatic heterocycles. The average Bonchev–Trinajstić information content (AvgIpc) is 2.65. The van der Waals surface area contributed by atoms with Gasteiger partial charge in [0, 0.05) is 24.4 Å². The monoisotopic (exact) mass is 358 g/mol. The molecule has 0 radical (unpaired) electrons. The van der Waals surface area contributed by atoms with Gasteiger partial charge in [-0.3, -0.25) is 4.79 Å². The average molecular weight is 358 g/mol. The Kier molecular flexibility index (Phi) is 7.92. The number of aliphatic hydroxyl groups excluding tert-OH is 1. The summed E-state index contributed by atoms with van der Waals surface area (Å²) in [6, 6.07) is 13.2. The highest BCUT2D eigenvalue weighted by Crippen LogP contribution is 2.31. The Bertz CT molecular complexity index is 701. The van der Waals surface area contributed by atoms with Crippen LogP contribution in [-0.4, -0.2) is 37.9 Å². The normalized spacial score (nSPS) is 10.4. The van der Waals surface area contributed by atoms with E-state index in [2.05, 4.69) is 10.6 Å². The van der Waals surface area contributed by atoms with Crippen LogP contribution in [0.5, 0.6) is 11.5 Å². The Labute approximate surface area is 154 Å².